The van der Waals surface area contributed by atoms with Gasteiger partial charge in [-0.25, -0.2) is 18.1 Å². The van der Waals surface area contributed by atoms with Crippen LogP contribution in [0.25, 0.3) is 0 Å². The first-order chi connectivity index (χ1) is 17.7. The summed E-state index contributed by atoms with van der Waals surface area (Å²) in [4.78, 5) is 11.1. The van der Waals surface area contributed by atoms with Crippen molar-refractivity contribution in [3.63, 3.8) is 0 Å². The highest BCUT2D eigenvalue weighted by Crippen LogP contribution is 2.32. The smallest absolute Gasteiger partial charge is 0.242 e. The van der Waals surface area contributed by atoms with E-state index < -0.39 is 10.0 Å². The van der Waals surface area contributed by atoms with Gasteiger partial charge in [0.25, 0.3) is 0 Å². The number of methoxy groups -OCH3 is 1. The lowest BCUT2D eigenvalue weighted by molar-refractivity contribution is 0.147. The largest absolute Gasteiger partial charge is 0.489 e. The third-order valence-electron chi connectivity index (χ3n) is 5.10. The summed E-state index contributed by atoms with van der Waals surface area (Å²) in [5, 5.41) is 9.66. The molecule has 2 aromatic carbocycles. The molecule has 3 aromatic rings. The summed E-state index contributed by atoms with van der Waals surface area (Å²) in [5.74, 6) is 1.29. The Morgan fingerprint density at radius 1 is 1.05 bits per heavy atom. The maximum Gasteiger partial charge on any atom is 0.242 e. The highest BCUT2D eigenvalue weighted by Gasteiger charge is 2.18. The van der Waals surface area contributed by atoms with Crippen molar-refractivity contribution in [2.45, 2.75) is 4.90 Å². The van der Waals surface area contributed by atoms with Crippen molar-refractivity contribution in [3.8, 4) is 5.75 Å². The predicted molar refractivity (Wildman–Crippen MR) is 150 cm³/mol. The summed E-state index contributed by atoms with van der Waals surface area (Å²) in [6, 6.07) is 12.3. The molecule has 3 rings (SSSR count). The average molecular weight is 595 g/mol. The lowest BCUT2D eigenvalue weighted by atomic mass is 10.2. The van der Waals surface area contributed by atoms with Crippen LogP contribution in [0.2, 0.25) is 0 Å². The Kier molecular flexibility index (Phi) is 10.5. The van der Waals surface area contributed by atoms with Crippen LogP contribution in [0.1, 0.15) is 0 Å². The van der Waals surface area contributed by atoms with Crippen LogP contribution >= 0.6 is 15.9 Å². The summed E-state index contributed by atoms with van der Waals surface area (Å²) < 4.78 is 38.8. The zero-order chi connectivity index (χ0) is 26.8. The average Bonchev–Trinajstić information content (AvgIpc) is 2.87. The van der Waals surface area contributed by atoms with Gasteiger partial charge >= 0.3 is 0 Å². The predicted octanol–water partition coefficient (Wildman–Crippen LogP) is 3.63. The zero-order valence-electron chi connectivity index (χ0n) is 21.2. The Morgan fingerprint density at radius 2 is 1.84 bits per heavy atom. The van der Waals surface area contributed by atoms with E-state index in [0.29, 0.717) is 46.6 Å². The highest BCUT2D eigenvalue weighted by molar-refractivity contribution is 9.10. The molecular formula is C24H32BrN7O4S. The van der Waals surface area contributed by atoms with E-state index in [1.165, 1.54) is 13.1 Å². The third kappa shape index (κ3) is 8.27. The van der Waals surface area contributed by atoms with Crippen molar-refractivity contribution in [3.05, 3.63) is 53.1 Å². The molecule has 0 amide bonds. The lowest BCUT2D eigenvalue weighted by Gasteiger charge is -2.17. The Balaban J connectivity index is 1.85. The molecule has 0 fully saturated rings. The number of benzene rings is 2. The van der Waals surface area contributed by atoms with Gasteiger partial charge in [-0.2, -0.15) is 4.98 Å². The maximum absolute atomic E-state index is 12.4. The lowest BCUT2D eigenvalue weighted by Crippen LogP contribution is -2.20. The van der Waals surface area contributed by atoms with Crippen molar-refractivity contribution in [1.29, 1.82) is 0 Å². The van der Waals surface area contributed by atoms with Crippen molar-refractivity contribution in [2.75, 3.05) is 70.5 Å². The minimum absolute atomic E-state index is 0.101. The molecule has 37 heavy (non-hydrogen) atoms. The molecule has 13 heteroatoms. The molecule has 0 spiro atoms. The van der Waals surface area contributed by atoms with Gasteiger partial charge in [-0.1, -0.05) is 12.1 Å². The standard InChI is InChI=1S/C24H32BrN7O4S/c1-26-37(33,34)22-8-6-5-7-20(22)29-23-18(25)16-28-24(31-23)30-19-10-9-17(27-11-12-32(2)3)15-21(19)36-14-13-35-4/h5-10,15-16,26-27H,11-14H2,1-4H3,(H2,28,29,30,31). The van der Waals surface area contributed by atoms with Gasteiger partial charge < -0.3 is 30.3 Å². The van der Waals surface area contributed by atoms with Crippen LogP contribution in [0.4, 0.5) is 28.8 Å². The van der Waals surface area contributed by atoms with E-state index >= 15 is 0 Å². The molecule has 200 valence electrons. The van der Waals surface area contributed by atoms with Crippen LogP contribution in [0.3, 0.4) is 0 Å². The molecule has 0 aliphatic heterocycles. The fourth-order valence-electron chi connectivity index (χ4n) is 3.19. The van der Waals surface area contributed by atoms with Crippen molar-refractivity contribution in [2.24, 2.45) is 0 Å². The van der Waals surface area contributed by atoms with E-state index in [0.717, 1.165) is 18.8 Å². The first-order valence-electron chi connectivity index (χ1n) is 11.5. The van der Waals surface area contributed by atoms with E-state index in [2.05, 4.69) is 51.5 Å². The fourth-order valence-corrected chi connectivity index (χ4v) is 4.37. The van der Waals surface area contributed by atoms with Crippen LogP contribution in [0, 0.1) is 0 Å². The number of nitrogens with one attached hydrogen (secondary N) is 4. The maximum atomic E-state index is 12.4. The number of rotatable bonds is 14. The van der Waals surface area contributed by atoms with Gasteiger partial charge in [0.15, 0.2) is 0 Å². The van der Waals surface area contributed by atoms with Gasteiger partial charge in [0.2, 0.25) is 16.0 Å². The number of halogens is 1. The minimum Gasteiger partial charge on any atom is -0.489 e. The molecule has 1 aromatic heterocycles. The SMILES string of the molecule is CNS(=O)(=O)c1ccccc1Nc1nc(Nc2ccc(NCCN(C)C)cc2OCCOC)ncc1Br. The van der Waals surface area contributed by atoms with Crippen molar-refractivity contribution < 1.29 is 17.9 Å². The zero-order valence-corrected chi connectivity index (χ0v) is 23.6. The quantitative estimate of drug-likeness (QED) is 0.205. The van der Waals surface area contributed by atoms with Gasteiger partial charge in [0, 0.05) is 38.1 Å². The van der Waals surface area contributed by atoms with E-state index in [-0.39, 0.29) is 4.90 Å². The number of likely N-dealkylation sites (N-methyl/N-ethyl adjacent to an activating group) is 1. The number of hydrogen-bond donors (Lipinski definition) is 4. The minimum atomic E-state index is -3.68. The molecule has 0 aliphatic carbocycles. The molecule has 11 nitrogen and oxygen atoms in total. The van der Waals surface area contributed by atoms with E-state index in [4.69, 9.17) is 9.47 Å². The van der Waals surface area contributed by atoms with Crippen LogP contribution in [0.5, 0.6) is 5.75 Å². The van der Waals surface area contributed by atoms with Gasteiger partial charge in [0.05, 0.1) is 22.5 Å². The molecule has 0 saturated carbocycles. The number of sulfonamides is 1. The second kappa shape index (κ2) is 13.5. The molecule has 4 N–H and O–H groups in total. The van der Waals surface area contributed by atoms with Crippen molar-refractivity contribution >= 4 is 54.8 Å². The molecule has 0 unspecified atom stereocenters. The fraction of sp³-hybridized carbons (Fsp3) is 0.333. The summed E-state index contributed by atoms with van der Waals surface area (Å²) in [7, 11) is 3.35. The Bertz CT molecular complexity index is 1290. The van der Waals surface area contributed by atoms with E-state index in [9.17, 15) is 8.42 Å². The summed E-state index contributed by atoms with van der Waals surface area (Å²) in [6.07, 6.45) is 1.58. The molecule has 0 atom stereocenters. The Morgan fingerprint density at radius 3 is 2.57 bits per heavy atom. The van der Waals surface area contributed by atoms with Crippen LogP contribution in [0.15, 0.2) is 58.0 Å². The van der Waals surface area contributed by atoms with Crippen molar-refractivity contribution in [1.82, 2.24) is 19.6 Å². The first kappa shape index (κ1) is 28.6. The van der Waals surface area contributed by atoms with Crippen LogP contribution in [-0.4, -0.2) is 77.8 Å². The Hall–Kier alpha value is -2.97. The number of aromatic nitrogens is 2. The van der Waals surface area contributed by atoms with Crippen LogP contribution < -0.4 is 25.4 Å². The van der Waals surface area contributed by atoms with Gasteiger partial charge in [-0.3, -0.25) is 0 Å². The highest BCUT2D eigenvalue weighted by atomic mass is 79.9. The normalized spacial score (nSPS) is 11.4. The first-order valence-corrected chi connectivity index (χ1v) is 13.7. The van der Waals surface area contributed by atoms with Gasteiger partial charge in [-0.05, 0) is 61.3 Å². The van der Waals surface area contributed by atoms with Crippen LogP contribution in [-0.2, 0) is 14.8 Å². The second-order valence-corrected chi connectivity index (χ2v) is 10.8. The topological polar surface area (TPSA) is 130 Å². The number of ether oxygens (including phenoxy) is 2. The number of para-hydroxylation sites is 1. The molecule has 0 bridgehead atoms. The molecule has 0 radical (unpaired) electrons. The number of hydrogen-bond acceptors (Lipinski definition) is 10. The molecule has 0 saturated heterocycles. The second-order valence-electron chi connectivity index (χ2n) is 8.13. The third-order valence-corrected chi connectivity index (χ3v) is 7.16. The van der Waals surface area contributed by atoms with E-state index in [1.807, 2.05) is 32.3 Å². The van der Waals surface area contributed by atoms with Gasteiger partial charge in [0.1, 0.15) is 23.1 Å². The molecular weight excluding hydrogens is 562 g/mol. The number of anilines is 5. The summed E-state index contributed by atoms with van der Waals surface area (Å²) in [6.45, 7) is 2.49. The van der Waals surface area contributed by atoms with E-state index in [1.54, 1.807) is 31.5 Å². The monoisotopic (exact) mass is 593 g/mol. The number of nitrogens with zero attached hydrogens (tertiary/aromatic N) is 3. The van der Waals surface area contributed by atoms with Gasteiger partial charge in [-0.15, -0.1) is 0 Å². The summed E-state index contributed by atoms with van der Waals surface area (Å²) >= 11 is 3.44. The Labute approximate surface area is 226 Å². The summed E-state index contributed by atoms with van der Waals surface area (Å²) in [5.41, 5.74) is 1.96. The molecule has 1 heterocycles. The molecule has 0 aliphatic rings.